The molecule has 2 aliphatic rings. The maximum absolute atomic E-state index is 12.7. The zero-order chi connectivity index (χ0) is 17.1. The summed E-state index contributed by atoms with van der Waals surface area (Å²) in [5, 5.41) is 3.26. The quantitative estimate of drug-likeness (QED) is 0.889. The van der Waals surface area contributed by atoms with Crippen LogP contribution in [0.1, 0.15) is 76.0 Å². The normalized spacial score (nSPS) is 20.0. The standard InChI is InChI=1S/C21H29N3O/c25-20(22-17-11-5-2-6-12-17)15-24-19-14-8-7-13-18(19)23-21(24)16-9-3-1-4-10-16/h7-8,13-14,16-17H,1-6,9-12,15H2,(H,22,25). The molecule has 0 radical (unpaired) electrons. The van der Waals surface area contributed by atoms with Gasteiger partial charge in [0.1, 0.15) is 12.4 Å². The van der Waals surface area contributed by atoms with Crippen molar-refractivity contribution in [2.24, 2.45) is 0 Å². The molecule has 1 aromatic carbocycles. The van der Waals surface area contributed by atoms with Crippen molar-refractivity contribution in [2.45, 2.75) is 82.7 Å². The number of para-hydroxylation sites is 2. The molecule has 0 aliphatic heterocycles. The molecule has 2 saturated carbocycles. The van der Waals surface area contributed by atoms with Gasteiger partial charge in [0.15, 0.2) is 0 Å². The van der Waals surface area contributed by atoms with E-state index in [1.54, 1.807) is 0 Å². The van der Waals surface area contributed by atoms with Crippen LogP contribution in [0, 0.1) is 0 Å². The van der Waals surface area contributed by atoms with E-state index in [2.05, 4.69) is 22.0 Å². The van der Waals surface area contributed by atoms with E-state index >= 15 is 0 Å². The summed E-state index contributed by atoms with van der Waals surface area (Å²) in [6.45, 7) is 0.406. The third-order valence-corrected chi connectivity index (χ3v) is 5.93. The Morgan fingerprint density at radius 1 is 1.00 bits per heavy atom. The minimum Gasteiger partial charge on any atom is -0.352 e. The van der Waals surface area contributed by atoms with E-state index in [1.165, 1.54) is 51.4 Å². The number of fused-ring (bicyclic) bond motifs is 1. The first-order valence-corrected chi connectivity index (χ1v) is 10.1. The van der Waals surface area contributed by atoms with E-state index in [0.29, 0.717) is 18.5 Å². The molecule has 4 nitrogen and oxygen atoms in total. The summed E-state index contributed by atoms with van der Waals surface area (Å²) in [7, 11) is 0. The maximum atomic E-state index is 12.7. The SMILES string of the molecule is O=C(Cn1c(C2CCCCC2)nc2ccccc21)NC1CCCCC1. The fourth-order valence-corrected chi connectivity index (χ4v) is 4.60. The monoisotopic (exact) mass is 339 g/mol. The highest BCUT2D eigenvalue weighted by Crippen LogP contribution is 2.33. The highest BCUT2D eigenvalue weighted by atomic mass is 16.2. The first kappa shape index (κ1) is 16.6. The van der Waals surface area contributed by atoms with E-state index in [0.717, 1.165) is 29.7 Å². The number of carbonyl (C=O) groups is 1. The van der Waals surface area contributed by atoms with Crippen molar-refractivity contribution in [3.05, 3.63) is 30.1 Å². The van der Waals surface area contributed by atoms with Gasteiger partial charge in [-0.2, -0.15) is 0 Å². The van der Waals surface area contributed by atoms with Crippen LogP contribution in [0.4, 0.5) is 0 Å². The maximum Gasteiger partial charge on any atom is 0.240 e. The number of rotatable bonds is 4. The third-order valence-electron chi connectivity index (χ3n) is 5.93. The molecule has 0 saturated heterocycles. The summed E-state index contributed by atoms with van der Waals surface area (Å²) in [5.74, 6) is 1.77. The third kappa shape index (κ3) is 3.73. The Labute approximate surface area is 150 Å². The molecule has 1 N–H and O–H groups in total. The highest BCUT2D eigenvalue weighted by Gasteiger charge is 2.24. The van der Waals surface area contributed by atoms with Gasteiger partial charge in [0.25, 0.3) is 0 Å². The van der Waals surface area contributed by atoms with Gasteiger partial charge in [0, 0.05) is 12.0 Å². The number of nitrogens with zero attached hydrogens (tertiary/aromatic N) is 2. The molecule has 1 aromatic heterocycles. The van der Waals surface area contributed by atoms with Crippen molar-refractivity contribution in [1.29, 1.82) is 0 Å². The Balaban J connectivity index is 1.57. The van der Waals surface area contributed by atoms with Gasteiger partial charge < -0.3 is 9.88 Å². The van der Waals surface area contributed by atoms with E-state index in [4.69, 9.17) is 4.98 Å². The van der Waals surface area contributed by atoms with Gasteiger partial charge in [0.05, 0.1) is 11.0 Å². The lowest BCUT2D eigenvalue weighted by molar-refractivity contribution is -0.122. The second kappa shape index (κ2) is 7.59. The lowest BCUT2D eigenvalue weighted by Gasteiger charge is -2.24. The number of amides is 1. The Kier molecular flexibility index (Phi) is 5.04. The Hall–Kier alpha value is -1.84. The predicted molar refractivity (Wildman–Crippen MR) is 101 cm³/mol. The first-order valence-electron chi connectivity index (χ1n) is 10.1. The van der Waals surface area contributed by atoms with Crippen LogP contribution in [-0.4, -0.2) is 21.5 Å². The van der Waals surface area contributed by atoms with Crippen molar-refractivity contribution < 1.29 is 4.79 Å². The van der Waals surface area contributed by atoms with E-state index in [-0.39, 0.29) is 5.91 Å². The van der Waals surface area contributed by atoms with Crippen LogP contribution in [0.2, 0.25) is 0 Å². The molecule has 25 heavy (non-hydrogen) atoms. The summed E-state index contributed by atoms with van der Waals surface area (Å²) in [6.07, 6.45) is 12.4. The Bertz CT molecular complexity index is 724. The molecule has 0 spiro atoms. The highest BCUT2D eigenvalue weighted by molar-refractivity contribution is 5.81. The molecule has 0 unspecified atom stereocenters. The molecule has 1 heterocycles. The predicted octanol–water partition coefficient (Wildman–Crippen LogP) is 4.53. The van der Waals surface area contributed by atoms with Gasteiger partial charge in [-0.25, -0.2) is 4.98 Å². The second-order valence-corrected chi connectivity index (χ2v) is 7.78. The molecule has 2 aliphatic carbocycles. The molecular weight excluding hydrogens is 310 g/mol. The van der Waals surface area contributed by atoms with Gasteiger partial charge in [0.2, 0.25) is 5.91 Å². The number of hydrogen-bond donors (Lipinski definition) is 1. The van der Waals surface area contributed by atoms with Crippen LogP contribution in [0.5, 0.6) is 0 Å². The number of carbonyl (C=O) groups excluding carboxylic acids is 1. The van der Waals surface area contributed by atoms with Crippen molar-refractivity contribution in [3.63, 3.8) is 0 Å². The molecule has 2 fully saturated rings. The van der Waals surface area contributed by atoms with Crippen molar-refractivity contribution in [1.82, 2.24) is 14.9 Å². The summed E-state index contributed by atoms with van der Waals surface area (Å²) >= 11 is 0. The molecule has 0 atom stereocenters. The zero-order valence-corrected chi connectivity index (χ0v) is 15.0. The summed E-state index contributed by atoms with van der Waals surface area (Å²) < 4.78 is 2.18. The summed E-state index contributed by atoms with van der Waals surface area (Å²) in [4.78, 5) is 17.6. The average Bonchev–Trinajstić information content (AvgIpc) is 3.02. The topological polar surface area (TPSA) is 46.9 Å². The van der Waals surface area contributed by atoms with Crippen molar-refractivity contribution >= 4 is 16.9 Å². The van der Waals surface area contributed by atoms with Crippen LogP contribution >= 0.6 is 0 Å². The molecule has 0 bridgehead atoms. The van der Waals surface area contributed by atoms with Crippen LogP contribution in [0.15, 0.2) is 24.3 Å². The molecule has 4 heteroatoms. The van der Waals surface area contributed by atoms with Crippen molar-refractivity contribution in [3.8, 4) is 0 Å². The van der Waals surface area contributed by atoms with Gasteiger partial charge in [-0.1, -0.05) is 50.7 Å². The lowest BCUT2D eigenvalue weighted by Crippen LogP contribution is -2.38. The fourth-order valence-electron chi connectivity index (χ4n) is 4.60. The van der Waals surface area contributed by atoms with Crippen LogP contribution < -0.4 is 5.32 Å². The van der Waals surface area contributed by atoms with Gasteiger partial charge in [-0.05, 0) is 37.8 Å². The van der Waals surface area contributed by atoms with Crippen LogP contribution in [0.25, 0.3) is 11.0 Å². The Morgan fingerprint density at radius 2 is 1.68 bits per heavy atom. The lowest BCUT2D eigenvalue weighted by atomic mass is 9.88. The number of imidazole rings is 1. The largest absolute Gasteiger partial charge is 0.352 e. The summed E-state index contributed by atoms with van der Waals surface area (Å²) in [6, 6.07) is 8.62. The molecule has 4 rings (SSSR count). The molecule has 2 aromatic rings. The van der Waals surface area contributed by atoms with Crippen LogP contribution in [-0.2, 0) is 11.3 Å². The Morgan fingerprint density at radius 3 is 2.44 bits per heavy atom. The van der Waals surface area contributed by atoms with E-state index in [1.807, 2.05) is 12.1 Å². The second-order valence-electron chi connectivity index (χ2n) is 7.78. The van der Waals surface area contributed by atoms with E-state index in [9.17, 15) is 4.79 Å². The molecule has 1 amide bonds. The number of benzene rings is 1. The fraction of sp³-hybridized carbons (Fsp3) is 0.619. The van der Waals surface area contributed by atoms with Crippen molar-refractivity contribution in [2.75, 3.05) is 0 Å². The average molecular weight is 339 g/mol. The van der Waals surface area contributed by atoms with E-state index < -0.39 is 0 Å². The number of nitrogens with one attached hydrogen (secondary N) is 1. The van der Waals surface area contributed by atoms with Gasteiger partial charge >= 0.3 is 0 Å². The van der Waals surface area contributed by atoms with Gasteiger partial charge in [-0.3, -0.25) is 4.79 Å². The number of aromatic nitrogens is 2. The smallest absolute Gasteiger partial charge is 0.240 e. The first-order chi connectivity index (χ1) is 12.3. The number of hydrogen-bond acceptors (Lipinski definition) is 2. The molecular formula is C21H29N3O. The molecule has 134 valence electrons. The zero-order valence-electron chi connectivity index (χ0n) is 15.0. The summed E-state index contributed by atoms with van der Waals surface area (Å²) in [5.41, 5.74) is 2.12. The minimum absolute atomic E-state index is 0.145. The van der Waals surface area contributed by atoms with Gasteiger partial charge in [-0.15, -0.1) is 0 Å². The minimum atomic E-state index is 0.145. The van der Waals surface area contributed by atoms with Crippen LogP contribution in [0.3, 0.4) is 0 Å².